The van der Waals surface area contributed by atoms with Gasteiger partial charge in [0.1, 0.15) is 23.6 Å². The maximum atomic E-state index is 12.7. The van der Waals surface area contributed by atoms with Crippen molar-refractivity contribution in [2.45, 2.75) is 13.5 Å². The average molecular weight is 400 g/mol. The van der Waals surface area contributed by atoms with Gasteiger partial charge in [-0.2, -0.15) is 0 Å². The summed E-state index contributed by atoms with van der Waals surface area (Å²) in [6.07, 6.45) is 4.78. The van der Waals surface area contributed by atoms with Crippen molar-refractivity contribution in [3.05, 3.63) is 84.1 Å². The number of carbonyl (C=O) groups excluding carboxylic acids is 1. The van der Waals surface area contributed by atoms with Crippen molar-refractivity contribution < 1.29 is 14.3 Å². The number of amides is 1. The molecule has 2 heterocycles. The highest BCUT2D eigenvalue weighted by molar-refractivity contribution is 5.96. The topological polar surface area (TPSA) is 86.2 Å². The molecule has 0 saturated heterocycles. The minimum atomic E-state index is -0.194. The second-order valence-corrected chi connectivity index (χ2v) is 6.61. The molecular weight excluding hydrogens is 380 g/mol. The number of ether oxygens (including phenoxy) is 2. The average Bonchev–Trinajstić information content (AvgIpc) is 2.79. The summed E-state index contributed by atoms with van der Waals surface area (Å²) in [5.74, 6) is 1.80. The van der Waals surface area contributed by atoms with E-state index in [0.29, 0.717) is 23.6 Å². The van der Waals surface area contributed by atoms with E-state index >= 15 is 0 Å². The first-order valence-electron chi connectivity index (χ1n) is 9.39. The molecule has 4 rings (SSSR count). The minimum Gasteiger partial charge on any atom is -0.497 e. The molecule has 0 radical (unpaired) electrons. The Labute approximate surface area is 173 Å². The number of aromatic nitrogens is 3. The highest BCUT2D eigenvalue weighted by Crippen LogP contribution is 2.33. The first kappa shape index (κ1) is 19.3. The second-order valence-electron chi connectivity index (χ2n) is 6.61. The molecule has 150 valence electrons. The van der Waals surface area contributed by atoms with Crippen molar-refractivity contribution in [3.63, 3.8) is 0 Å². The predicted molar refractivity (Wildman–Crippen MR) is 113 cm³/mol. The number of hydrogen-bond acceptors (Lipinski definition) is 6. The fraction of sp³-hybridized carbons (Fsp3) is 0.130. The van der Waals surface area contributed by atoms with Gasteiger partial charge in [-0.15, -0.1) is 0 Å². The largest absolute Gasteiger partial charge is 0.497 e. The van der Waals surface area contributed by atoms with Gasteiger partial charge in [0, 0.05) is 35.0 Å². The Morgan fingerprint density at radius 2 is 1.93 bits per heavy atom. The van der Waals surface area contributed by atoms with Crippen molar-refractivity contribution in [1.29, 1.82) is 0 Å². The molecule has 30 heavy (non-hydrogen) atoms. The third-order valence-electron chi connectivity index (χ3n) is 4.73. The number of nitrogens with zero attached hydrogens (tertiary/aromatic N) is 3. The normalized spacial score (nSPS) is 10.6. The number of methoxy groups -OCH3 is 1. The van der Waals surface area contributed by atoms with Gasteiger partial charge in [0.05, 0.1) is 24.9 Å². The summed E-state index contributed by atoms with van der Waals surface area (Å²) >= 11 is 0. The van der Waals surface area contributed by atoms with Gasteiger partial charge in [-0.1, -0.05) is 6.07 Å². The Balaban J connectivity index is 1.57. The minimum absolute atomic E-state index is 0.194. The van der Waals surface area contributed by atoms with E-state index in [9.17, 15) is 4.79 Å². The number of pyridine rings is 1. The number of hydrogen-bond donors (Lipinski definition) is 1. The lowest BCUT2D eigenvalue weighted by Crippen LogP contribution is -2.24. The molecule has 0 fully saturated rings. The summed E-state index contributed by atoms with van der Waals surface area (Å²) in [4.78, 5) is 25.1. The van der Waals surface area contributed by atoms with E-state index < -0.39 is 0 Å². The van der Waals surface area contributed by atoms with Crippen LogP contribution >= 0.6 is 0 Å². The molecule has 0 spiro atoms. The maximum absolute atomic E-state index is 12.7. The van der Waals surface area contributed by atoms with Crippen LogP contribution in [0.2, 0.25) is 0 Å². The molecule has 2 aromatic heterocycles. The third kappa shape index (κ3) is 4.05. The van der Waals surface area contributed by atoms with Crippen LogP contribution in [0, 0.1) is 6.92 Å². The molecule has 0 unspecified atom stereocenters. The van der Waals surface area contributed by atoms with Gasteiger partial charge in [-0.05, 0) is 43.3 Å². The molecule has 0 aliphatic heterocycles. The number of nitrogens with one attached hydrogen (secondary N) is 1. The highest BCUT2D eigenvalue weighted by atomic mass is 16.5. The van der Waals surface area contributed by atoms with Crippen molar-refractivity contribution >= 4 is 16.8 Å². The first-order chi connectivity index (χ1) is 14.7. The van der Waals surface area contributed by atoms with E-state index in [-0.39, 0.29) is 5.91 Å². The Morgan fingerprint density at radius 3 is 2.73 bits per heavy atom. The lowest BCUT2D eigenvalue weighted by Gasteiger charge is -2.14. The quantitative estimate of drug-likeness (QED) is 0.525. The van der Waals surface area contributed by atoms with Crippen LogP contribution in [0.4, 0.5) is 0 Å². The Morgan fingerprint density at radius 1 is 1.03 bits per heavy atom. The van der Waals surface area contributed by atoms with Gasteiger partial charge in [-0.3, -0.25) is 9.78 Å². The standard InChI is InChI=1S/C23H20N4O3/c1-15-18(23(28)26-13-16-8-10-24-14-27-16)4-3-5-21(15)30-22-9-11-25-20-12-17(29-2)6-7-19(20)22/h3-12,14H,13H2,1-2H3,(H,26,28). The Kier molecular flexibility index (Phi) is 5.52. The van der Waals surface area contributed by atoms with E-state index in [4.69, 9.17) is 9.47 Å². The van der Waals surface area contributed by atoms with Gasteiger partial charge >= 0.3 is 0 Å². The monoisotopic (exact) mass is 400 g/mol. The molecule has 0 atom stereocenters. The number of benzene rings is 2. The number of carbonyl (C=O) groups is 1. The highest BCUT2D eigenvalue weighted by Gasteiger charge is 2.14. The van der Waals surface area contributed by atoms with Crippen LogP contribution in [0.15, 0.2) is 67.3 Å². The summed E-state index contributed by atoms with van der Waals surface area (Å²) < 4.78 is 11.4. The summed E-state index contributed by atoms with van der Waals surface area (Å²) in [6.45, 7) is 2.18. The fourth-order valence-electron chi connectivity index (χ4n) is 3.10. The summed E-state index contributed by atoms with van der Waals surface area (Å²) in [5.41, 5.74) is 2.79. The van der Waals surface area contributed by atoms with Gasteiger partial charge in [0.15, 0.2) is 0 Å². The molecule has 7 heteroatoms. The van der Waals surface area contributed by atoms with E-state index in [0.717, 1.165) is 27.9 Å². The molecule has 1 N–H and O–H groups in total. The number of fused-ring (bicyclic) bond motifs is 1. The fourth-order valence-corrected chi connectivity index (χ4v) is 3.10. The van der Waals surface area contributed by atoms with Crippen LogP contribution in [0.25, 0.3) is 10.9 Å². The van der Waals surface area contributed by atoms with Crippen molar-refractivity contribution in [2.24, 2.45) is 0 Å². The maximum Gasteiger partial charge on any atom is 0.252 e. The lowest BCUT2D eigenvalue weighted by atomic mass is 10.1. The predicted octanol–water partition coefficient (Wildman–Crippen LogP) is 4.06. The molecule has 4 aromatic rings. The van der Waals surface area contributed by atoms with E-state index in [1.807, 2.05) is 31.2 Å². The van der Waals surface area contributed by atoms with Gasteiger partial charge < -0.3 is 14.8 Å². The van der Waals surface area contributed by atoms with Crippen molar-refractivity contribution in [1.82, 2.24) is 20.3 Å². The smallest absolute Gasteiger partial charge is 0.252 e. The van der Waals surface area contributed by atoms with Crippen LogP contribution < -0.4 is 14.8 Å². The summed E-state index contributed by atoms with van der Waals surface area (Å²) in [7, 11) is 1.62. The van der Waals surface area contributed by atoms with E-state index in [1.165, 1.54) is 6.33 Å². The molecule has 1 amide bonds. The molecule has 0 saturated carbocycles. The van der Waals surface area contributed by atoms with Crippen molar-refractivity contribution in [2.75, 3.05) is 7.11 Å². The van der Waals surface area contributed by atoms with Gasteiger partial charge in [0.2, 0.25) is 0 Å². The van der Waals surface area contributed by atoms with Crippen LogP contribution in [0.3, 0.4) is 0 Å². The van der Waals surface area contributed by atoms with Gasteiger partial charge in [0.25, 0.3) is 5.91 Å². The second kappa shape index (κ2) is 8.57. The van der Waals surface area contributed by atoms with Crippen LogP contribution in [-0.2, 0) is 6.54 Å². The molecule has 7 nitrogen and oxygen atoms in total. The number of rotatable bonds is 6. The Bertz CT molecular complexity index is 1200. The first-order valence-corrected chi connectivity index (χ1v) is 9.39. The summed E-state index contributed by atoms with van der Waals surface area (Å²) in [6, 6.07) is 14.6. The molecule has 0 bridgehead atoms. The zero-order valence-electron chi connectivity index (χ0n) is 16.6. The van der Waals surface area contributed by atoms with Crippen LogP contribution in [0.1, 0.15) is 21.6 Å². The SMILES string of the molecule is COc1ccc2c(Oc3cccc(C(=O)NCc4ccncn4)c3C)ccnc2c1. The third-order valence-corrected chi connectivity index (χ3v) is 4.73. The summed E-state index contributed by atoms with van der Waals surface area (Å²) in [5, 5.41) is 3.74. The van der Waals surface area contributed by atoms with E-state index in [2.05, 4.69) is 20.3 Å². The van der Waals surface area contributed by atoms with E-state index in [1.54, 1.807) is 43.8 Å². The molecule has 2 aromatic carbocycles. The van der Waals surface area contributed by atoms with Crippen LogP contribution in [-0.4, -0.2) is 28.0 Å². The Hall–Kier alpha value is -4.00. The van der Waals surface area contributed by atoms with Crippen molar-refractivity contribution in [3.8, 4) is 17.2 Å². The van der Waals surface area contributed by atoms with Gasteiger partial charge in [-0.25, -0.2) is 9.97 Å². The zero-order valence-corrected chi connectivity index (χ0v) is 16.6. The zero-order chi connectivity index (χ0) is 20.9. The molecule has 0 aliphatic carbocycles. The van der Waals surface area contributed by atoms with Crippen LogP contribution in [0.5, 0.6) is 17.2 Å². The molecule has 0 aliphatic rings. The lowest BCUT2D eigenvalue weighted by molar-refractivity contribution is 0.0949. The molecular formula is C23H20N4O3.